The molecule has 0 aromatic carbocycles. The van der Waals surface area contributed by atoms with Crippen LogP contribution in [0.25, 0.3) is 0 Å². The summed E-state index contributed by atoms with van der Waals surface area (Å²) in [5.41, 5.74) is 4.87. The molecule has 0 aliphatic heterocycles. The third kappa shape index (κ3) is 3.63. The van der Waals surface area contributed by atoms with Gasteiger partial charge >= 0.3 is 0 Å². The van der Waals surface area contributed by atoms with Crippen molar-refractivity contribution in [3.05, 3.63) is 34.7 Å². The summed E-state index contributed by atoms with van der Waals surface area (Å²) >= 11 is 0. The Morgan fingerprint density at radius 3 is 2.84 bits per heavy atom. The highest BCUT2D eigenvalue weighted by Gasteiger charge is 2.19. The SMILES string of the molecule is CCNC(C1=CCCCCC1)c1cc(C)nnc1C. The van der Waals surface area contributed by atoms with Crippen LogP contribution in [-0.2, 0) is 0 Å². The molecule has 1 aliphatic rings. The van der Waals surface area contributed by atoms with Gasteiger partial charge in [0.1, 0.15) is 0 Å². The van der Waals surface area contributed by atoms with E-state index in [-0.39, 0.29) is 0 Å². The summed E-state index contributed by atoms with van der Waals surface area (Å²) in [6, 6.07) is 2.50. The van der Waals surface area contributed by atoms with Gasteiger partial charge in [-0.25, -0.2) is 0 Å². The van der Waals surface area contributed by atoms with Crippen LogP contribution in [0.5, 0.6) is 0 Å². The van der Waals surface area contributed by atoms with Crippen molar-refractivity contribution in [1.82, 2.24) is 15.5 Å². The van der Waals surface area contributed by atoms with Crippen molar-refractivity contribution in [1.29, 1.82) is 0 Å². The quantitative estimate of drug-likeness (QED) is 0.839. The number of likely N-dealkylation sites (N-methyl/N-ethyl adjacent to an activating group) is 1. The molecule has 3 heteroatoms. The van der Waals surface area contributed by atoms with Gasteiger partial charge in [-0.15, -0.1) is 0 Å². The van der Waals surface area contributed by atoms with Crippen molar-refractivity contribution in [2.75, 3.05) is 6.54 Å². The zero-order chi connectivity index (χ0) is 13.7. The van der Waals surface area contributed by atoms with E-state index in [1.807, 2.05) is 6.92 Å². The van der Waals surface area contributed by atoms with Gasteiger partial charge in [0.15, 0.2) is 0 Å². The molecule has 0 spiro atoms. The highest BCUT2D eigenvalue weighted by atomic mass is 15.1. The number of aryl methyl sites for hydroxylation is 2. The number of nitrogens with zero attached hydrogens (tertiary/aromatic N) is 2. The van der Waals surface area contributed by atoms with Crippen LogP contribution in [0, 0.1) is 13.8 Å². The average Bonchev–Trinajstić information content (AvgIpc) is 2.68. The van der Waals surface area contributed by atoms with E-state index >= 15 is 0 Å². The molecule has 1 N–H and O–H groups in total. The maximum Gasteiger partial charge on any atom is 0.0651 e. The fraction of sp³-hybridized carbons (Fsp3) is 0.625. The lowest BCUT2D eigenvalue weighted by Gasteiger charge is -2.23. The molecule has 1 heterocycles. The van der Waals surface area contributed by atoms with Crippen molar-refractivity contribution in [3.8, 4) is 0 Å². The van der Waals surface area contributed by atoms with Crippen LogP contribution >= 0.6 is 0 Å². The predicted molar refractivity (Wildman–Crippen MR) is 79.1 cm³/mol. The number of hydrogen-bond donors (Lipinski definition) is 1. The minimum absolute atomic E-state index is 0.317. The first kappa shape index (κ1) is 14.2. The number of rotatable bonds is 4. The minimum Gasteiger partial charge on any atom is -0.307 e. The average molecular weight is 259 g/mol. The zero-order valence-corrected chi connectivity index (χ0v) is 12.4. The molecule has 0 saturated carbocycles. The molecule has 104 valence electrons. The monoisotopic (exact) mass is 259 g/mol. The molecule has 0 bridgehead atoms. The third-order valence-corrected chi connectivity index (χ3v) is 3.81. The van der Waals surface area contributed by atoms with Gasteiger partial charge in [-0.3, -0.25) is 0 Å². The van der Waals surface area contributed by atoms with E-state index < -0.39 is 0 Å². The second-order valence-corrected chi connectivity index (χ2v) is 5.40. The Morgan fingerprint density at radius 1 is 1.21 bits per heavy atom. The van der Waals surface area contributed by atoms with Crippen LogP contribution in [-0.4, -0.2) is 16.7 Å². The summed E-state index contributed by atoms with van der Waals surface area (Å²) in [4.78, 5) is 0. The minimum atomic E-state index is 0.317. The van der Waals surface area contributed by atoms with Crippen LogP contribution in [0.1, 0.15) is 62.0 Å². The lowest BCUT2D eigenvalue weighted by atomic mass is 9.94. The van der Waals surface area contributed by atoms with Gasteiger partial charge in [0.05, 0.1) is 17.4 Å². The number of hydrogen-bond acceptors (Lipinski definition) is 3. The van der Waals surface area contributed by atoms with Crippen molar-refractivity contribution >= 4 is 0 Å². The summed E-state index contributed by atoms with van der Waals surface area (Å²) in [5.74, 6) is 0. The Labute approximate surface area is 116 Å². The Kier molecular flexibility index (Phi) is 5.08. The summed E-state index contributed by atoms with van der Waals surface area (Å²) in [7, 11) is 0. The summed E-state index contributed by atoms with van der Waals surface area (Å²) in [6.07, 6.45) is 8.85. The summed E-state index contributed by atoms with van der Waals surface area (Å²) in [5, 5.41) is 12.1. The maximum absolute atomic E-state index is 4.28. The van der Waals surface area contributed by atoms with Gasteiger partial charge in [0.2, 0.25) is 0 Å². The number of aromatic nitrogens is 2. The zero-order valence-electron chi connectivity index (χ0n) is 12.4. The molecule has 0 radical (unpaired) electrons. The molecule has 0 amide bonds. The molecule has 19 heavy (non-hydrogen) atoms. The van der Waals surface area contributed by atoms with Crippen LogP contribution in [0.15, 0.2) is 17.7 Å². The normalized spacial score (nSPS) is 17.7. The van der Waals surface area contributed by atoms with E-state index in [1.165, 1.54) is 43.2 Å². The number of allylic oxidation sites excluding steroid dienone is 1. The molecular formula is C16H25N3. The first-order valence-electron chi connectivity index (χ1n) is 7.45. The molecule has 0 saturated heterocycles. The standard InChI is InChI=1S/C16H25N3/c1-4-17-16(14-9-7-5-6-8-10-14)15-11-12(2)18-19-13(15)3/h9,11,16-17H,4-8,10H2,1-3H3. The predicted octanol–water partition coefficient (Wildman–Crippen LogP) is 3.63. The van der Waals surface area contributed by atoms with Crippen molar-refractivity contribution in [3.63, 3.8) is 0 Å². The highest BCUT2D eigenvalue weighted by Crippen LogP contribution is 2.30. The third-order valence-electron chi connectivity index (χ3n) is 3.81. The smallest absolute Gasteiger partial charge is 0.0651 e. The van der Waals surface area contributed by atoms with Gasteiger partial charge in [-0.05, 0) is 57.7 Å². The molecule has 1 unspecified atom stereocenters. The van der Waals surface area contributed by atoms with E-state index in [4.69, 9.17) is 0 Å². The fourth-order valence-corrected chi connectivity index (χ4v) is 2.81. The Morgan fingerprint density at radius 2 is 2.05 bits per heavy atom. The van der Waals surface area contributed by atoms with E-state index in [9.17, 15) is 0 Å². The summed E-state index contributed by atoms with van der Waals surface area (Å²) in [6.45, 7) is 7.22. The van der Waals surface area contributed by atoms with Gasteiger partial charge in [0.25, 0.3) is 0 Å². The van der Waals surface area contributed by atoms with E-state index in [1.54, 1.807) is 0 Å². The van der Waals surface area contributed by atoms with Crippen molar-refractivity contribution in [2.45, 2.75) is 58.9 Å². The van der Waals surface area contributed by atoms with E-state index in [2.05, 4.69) is 41.5 Å². The molecule has 0 fully saturated rings. The Hall–Kier alpha value is -1.22. The van der Waals surface area contributed by atoms with Crippen LogP contribution in [0.4, 0.5) is 0 Å². The van der Waals surface area contributed by atoms with Gasteiger partial charge in [-0.2, -0.15) is 10.2 Å². The van der Waals surface area contributed by atoms with Gasteiger partial charge < -0.3 is 5.32 Å². The second kappa shape index (κ2) is 6.80. The maximum atomic E-state index is 4.28. The molecule has 1 atom stereocenters. The first-order chi connectivity index (χ1) is 9.22. The van der Waals surface area contributed by atoms with Gasteiger partial charge in [-0.1, -0.05) is 25.0 Å². The number of nitrogens with one attached hydrogen (secondary N) is 1. The van der Waals surface area contributed by atoms with Crippen LogP contribution < -0.4 is 5.32 Å². The van der Waals surface area contributed by atoms with Crippen molar-refractivity contribution < 1.29 is 0 Å². The lowest BCUT2D eigenvalue weighted by molar-refractivity contribution is 0.582. The fourth-order valence-electron chi connectivity index (χ4n) is 2.81. The summed E-state index contributed by atoms with van der Waals surface area (Å²) < 4.78 is 0. The molecule has 1 aliphatic carbocycles. The molecule has 1 aromatic heterocycles. The lowest BCUT2D eigenvalue weighted by Crippen LogP contribution is -2.24. The van der Waals surface area contributed by atoms with E-state index in [0.29, 0.717) is 6.04 Å². The van der Waals surface area contributed by atoms with Gasteiger partial charge in [0, 0.05) is 0 Å². The molecule has 3 nitrogen and oxygen atoms in total. The topological polar surface area (TPSA) is 37.8 Å². The highest BCUT2D eigenvalue weighted by molar-refractivity contribution is 5.32. The Bertz CT molecular complexity index is 451. The Balaban J connectivity index is 2.32. The van der Waals surface area contributed by atoms with Crippen LogP contribution in [0.3, 0.4) is 0 Å². The molecule has 1 aromatic rings. The largest absolute Gasteiger partial charge is 0.307 e. The van der Waals surface area contributed by atoms with Crippen LogP contribution in [0.2, 0.25) is 0 Å². The molecular weight excluding hydrogens is 234 g/mol. The van der Waals surface area contributed by atoms with Crippen molar-refractivity contribution in [2.24, 2.45) is 0 Å². The first-order valence-corrected chi connectivity index (χ1v) is 7.45. The molecule has 2 rings (SSSR count). The second-order valence-electron chi connectivity index (χ2n) is 5.40. The van der Waals surface area contributed by atoms with E-state index in [0.717, 1.165) is 17.9 Å².